The van der Waals surface area contributed by atoms with Crippen molar-refractivity contribution in [1.29, 1.82) is 0 Å². The Morgan fingerprint density at radius 2 is 1.58 bits per heavy atom. The third kappa shape index (κ3) is 4.63. The summed E-state index contributed by atoms with van der Waals surface area (Å²) in [5.74, 6) is 1.04. The Labute approximate surface area is 182 Å². The number of nitrogens with zero attached hydrogens (tertiary/aromatic N) is 2. The summed E-state index contributed by atoms with van der Waals surface area (Å²) in [6.45, 7) is 1.82. The van der Waals surface area contributed by atoms with Gasteiger partial charge in [-0.2, -0.15) is 0 Å². The molecule has 1 fully saturated rings. The molecule has 0 aliphatic carbocycles. The molecule has 2 aliphatic rings. The van der Waals surface area contributed by atoms with Crippen LogP contribution >= 0.6 is 0 Å². The van der Waals surface area contributed by atoms with Gasteiger partial charge in [-0.15, -0.1) is 0 Å². The van der Waals surface area contributed by atoms with E-state index in [4.69, 9.17) is 4.74 Å². The zero-order chi connectivity index (χ0) is 21.8. The first-order valence-corrected chi connectivity index (χ1v) is 10.9. The molecule has 0 N–H and O–H groups in total. The summed E-state index contributed by atoms with van der Waals surface area (Å²) in [7, 11) is 1.67. The predicted octanol–water partition coefficient (Wildman–Crippen LogP) is 3.55. The van der Waals surface area contributed by atoms with Crippen molar-refractivity contribution in [3.63, 3.8) is 0 Å². The summed E-state index contributed by atoms with van der Waals surface area (Å²) >= 11 is 0. The summed E-state index contributed by atoms with van der Waals surface area (Å²) in [6, 6.07) is 15.1. The summed E-state index contributed by atoms with van der Waals surface area (Å²) < 4.78 is 5.21. The van der Waals surface area contributed by atoms with Gasteiger partial charge >= 0.3 is 0 Å². The standard InChI is InChI=1S/C25H28N2O4/c1-31-20-10-8-18(9-11-20)17-19-12-15-26(16-13-19)23(28)7-4-14-27-24(29)21-5-2-3-6-22(21)25(27)30/h2-3,5-6,8-11,19H,4,7,12-17H2,1H3. The van der Waals surface area contributed by atoms with Crippen molar-refractivity contribution < 1.29 is 19.1 Å². The zero-order valence-electron chi connectivity index (χ0n) is 17.9. The molecule has 2 aromatic rings. The predicted molar refractivity (Wildman–Crippen MR) is 117 cm³/mol. The van der Waals surface area contributed by atoms with Gasteiger partial charge in [-0.25, -0.2) is 0 Å². The Bertz CT molecular complexity index is 927. The molecule has 0 spiro atoms. The summed E-state index contributed by atoms with van der Waals surface area (Å²) in [6.07, 6.45) is 3.87. The average Bonchev–Trinajstić information content (AvgIpc) is 3.05. The van der Waals surface area contributed by atoms with Crippen molar-refractivity contribution in [2.24, 2.45) is 5.92 Å². The molecule has 0 atom stereocenters. The van der Waals surface area contributed by atoms with Crippen LogP contribution in [0.4, 0.5) is 0 Å². The van der Waals surface area contributed by atoms with E-state index in [0.29, 0.717) is 29.9 Å². The lowest BCUT2D eigenvalue weighted by Gasteiger charge is -2.32. The second-order valence-corrected chi connectivity index (χ2v) is 8.29. The van der Waals surface area contributed by atoms with Crippen LogP contribution < -0.4 is 4.74 Å². The van der Waals surface area contributed by atoms with Crippen LogP contribution in [-0.4, -0.2) is 54.3 Å². The molecule has 1 saturated heterocycles. The van der Waals surface area contributed by atoms with Crippen LogP contribution in [0.15, 0.2) is 48.5 Å². The van der Waals surface area contributed by atoms with E-state index in [1.807, 2.05) is 17.0 Å². The Balaban J connectivity index is 1.20. The second-order valence-electron chi connectivity index (χ2n) is 8.29. The minimum atomic E-state index is -0.257. The normalized spacial score (nSPS) is 16.5. The molecule has 0 aromatic heterocycles. The Kier molecular flexibility index (Phi) is 6.35. The summed E-state index contributed by atoms with van der Waals surface area (Å²) in [5, 5.41) is 0. The van der Waals surface area contributed by atoms with E-state index in [0.717, 1.165) is 38.1 Å². The molecule has 31 heavy (non-hydrogen) atoms. The van der Waals surface area contributed by atoms with Gasteiger partial charge in [-0.05, 0) is 61.4 Å². The van der Waals surface area contributed by atoms with Crippen LogP contribution in [0.25, 0.3) is 0 Å². The number of imide groups is 1. The number of rotatable bonds is 7. The number of carbonyl (C=O) groups excluding carboxylic acids is 3. The lowest BCUT2D eigenvalue weighted by atomic mass is 9.90. The Hall–Kier alpha value is -3.15. The number of hydrogen-bond acceptors (Lipinski definition) is 4. The minimum absolute atomic E-state index is 0.111. The van der Waals surface area contributed by atoms with Gasteiger partial charge in [0.05, 0.1) is 18.2 Å². The maximum atomic E-state index is 12.6. The number of hydrogen-bond donors (Lipinski definition) is 0. The van der Waals surface area contributed by atoms with Gasteiger partial charge in [0.1, 0.15) is 5.75 Å². The van der Waals surface area contributed by atoms with Gasteiger partial charge in [0, 0.05) is 26.1 Å². The van der Waals surface area contributed by atoms with Gasteiger partial charge in [-0.1, -0.05) is 24.3 Å². The van der Waals surface area contributed by atoms with Crippen molar-refractivity contribution >= 4 is 17.7 Å². The number of methoxy groups -OCH3 is 1. The van der Waals surface area contributed by atoms with Crippen molar-refractivity contribution in [2.75, 3.05) is 26.7 Å². The molecule has 162 valence electrons. The fourth-order valence-electron chi connectivity index (χ4n) is 4.47. The highest BCUT2D eigenvalue weighted by atomic mass is 16.5. The van der Waals surface area contributed by atoms with Gasteiger partial charge in [-0.3, -0.25) is 19.3 Å². The van der Waals surface area contributed by atoms with E-state index in [1.165, 1.54) is 10.5 Å². The fourth-order valence-corrected chi connectivity index (χ4v) is 4.47. The molecule has 3 amide bonds. The van der Waals surface area contributed by atoms with Crippen LogP contribution in [0.5, 0.6) is 5.75 Å². The Morgan fingerprint density at radius 1 is 0.968 bits per heavy atom. The molecular formula is C25H28N2O4. The van der Waals surface area contributed by atoms with Gasteiger partial charge < -0.3 is 9.64 Å². The van der Waals surface area contributed by atoms with Crippen LogP contribution in [0.3, 0.4) is 0 Å². The maximum Gasteiger partial charge on any atom is 0.261 e. The summed E-state index contributed by atoms with van der Waals surface area (Å²) in [5.41, 5.74) is 2.21. The third-order valence-electron chi connectivity index (χ3n) is 6.30. The number of piperidine rings is 1. The van der Waals surface area contributed by atoms with E-state index < -0.39 is 0 Å². The minimum Gasteiger partial charge on any atom is -0.497 e. The van der Waals surface area contributed by atoms with E-state index in [2.05, 4.69) is 12.1 Å². The fraction of sp³-hybridized carbons (Fsp3) is 0.400. The van der Waals surface area contributed by atoms with Crippen molar-refractivity contribution in [3.8, 4) is 5.75 Å². The molecule has 2 aromatic carbocycles. The monoisotopic (exact) mass is 420 g/mol. The molecule has 6 heteroatoms. The lowest BCUT2D eigenvalue weighted by molar-refractivity contribution is -0.132. The SMILES string of the molecule is COc1ccc(CC2CCN(C(=O)CCCN3C(=O)c4ccccc4C3=O)CC2)cc1. The molecule has 4 rings (SSSR count). The van der Waals surface area contributed by atoms with Gasteiger partial charge in [0.2, 0.25) is 5.91 Å². The first-order valence-electron chi connectivity index (χ1n) is 10.9. The quantitative estimate of drug-likeness (QED) is 0.643. The molecular weight excluding hydrogens is 392 g/mol. The summed E-state index contributed by atoms with van der Waals surface area (Å²) in [4.78, 5) is 40.6. The lowest BCUT2D eigenvalue weighted by Crippen LogP contribution is -2.39. The number of benzene rings is 2. The van der Waals surface area contributed by atoms with E-state index in [1.54, 1.807) is 31.4 Å². The Morgan fingerprint density at radius 3 is 2.16 bits per heavy atom. The van der Waals surface area contributed by atoms with Crippen molar-refractivity contribution in [3.05, 3.63) is 65.2 Å². The van der Waals surface area contributed by atoms with Crippen LogP contribution in [-0.2, 0) is 11.2 Å². The molecule has 0 saturated carbocycles. The number of amides is 3. The molecule has 6 nitrogen and oxygen atoms in total. The third-order valence-corrected chi connectivity index (χ3v) is 6.30. The van der Waals surface area contributed by atoms with Gasteiger partial charge in [0.15, 0.2) is 0 Å². The van der Waals surface area contributed by atoms with Crippen LogP contribution in [0.1, 0.15) is 52.0 Å². The number of ether oxygens (including phenoxy) is 1. The molecule has 2 heterocycles. The van der Waals surface area contributed by atoms with E-state index in [-0.39, 0.29) is 24.3 Å². The van der Waals surface area contributed by atoms with E-state index in [9.17, 15) is 14.4 Å². The molecule has 2 aliphatic heterocycles. The highest BCUT2D eigenvalue weighted by Crippen LogP contribution is 2.25. The first kappa shape index (κ1) is 21.1. The van der Waals surface area contributed by atoms with Crippen LogP contribution in [0, 0.1) is 5.92 Å². The molecule has 0 radical (unpaired) electrons. The zero-order valence-corrected chi connectivity index (χ0v) is 17.9. The largest absolute Gasteiger partial charge is 0.497 e. The maximum absolute atomic E-state index is 12.6. The van der Waals surface area contributed by atoms with Crippen molar-refractivity contribution in [1.82, 2.24) is 9.80 Å². The van der Waals surface area contributed by atoms with E-state index >= 15 is 0 Å². The first-order chi connectivity index (χ1) is 15.1. The smallest absolute Gasteiger partial charge is 0.261 e. The highest BCUT2D eigenvalue weighted by Gasteiger charge is 2.34. The average molecular weight is 421 g/mol. The number of likely N-dealkylation sites (tertiary alicyclic amines) is 1. The topological polar surface area (TPSA) is 66.9 Å². The molecule has 0 unspecified atom stereocenters. The number of fused-ring (bicyclic) bond motifs is 1. The van der Waals surface area contributed by atoms with Crippen molar-refractivity contribution in [2.45, 2.75) is 32.1 Å². The van der Waals surface area contributed by atoms with Gasteiger partial charge in [0.25, 0.3) is 11.8 Å². The van der Waals surface area contributed by atoms with Crippen LogP contribution in [0.2, 0.25) is 0 Å². The number of carbonyl (C=O) groups is 3. The highest BCUT2D eigenvalue weighted by molar-refractivity contribution is 6.21. The molecule has 0 bridgehead atoms. The second kappa shape index (κ2) is 9.33.